The third-order valence-corrected chi connectivity index (χ3v) is 6.00. The summed E-state index contributed by atoms with van der Waals surface area (Å²) in [4.78, 5) is 27.3. The van der Waals surface area contributed by atoms with Crippen LogP contribution in [0.2, 0.25) is 0 Å². The predicted octanol–water partition coefficient (Wildman–Crippen LogP) is 3.73. The predicted molar refractivity (Wildman–Crippen MR) is 99.8 cm³/mol. The van der Waals surface area contributed by atoms with Crippen LogP contribution in [-0.2, 0) is 5.41 Å². The van der Waals surface area contributed by atoms with E-state index >= 15 is 0 Å². The maximum Gasteiger partial charge on any atom is 0.292 e. The first kappa shape index (κ1) is 15.7. The van der Waals surface area contributed by atoms with E-state index in [2.05, 4.69) is 15.0 Å². The van der Waals surface area contributed by atoms with E-state index in [0.717, 1.165) is 35.2 Å². The highest BCUT2D eigenvalue weighted by Gasteiger charge is 2.56. The first-order valence-electron chi connectivity index (χ1n) is 9.40. The van der Waals surface area contributed by atoms with E-state index in [1.54, 1.807) is 13.3 Å². The van der Waals surface area contributed by atoms with Crippen LogP contribution in [0.3, 0.4) is 0 Å². The monoisotopic (exact) mass is 374 g/mol. The molecular weight excluding hydrogens is 356 g/mol. The van der Waals surface area contributed by atoms with Crippen molar-refractivity contribution in [3.05, 3.63) is 71.7 Å². The van der Waals surface area contributed by atoms with E-state index in [4.69, 9.17) is 8.83 Å². The Balaban J connectivity index is 1.54. The zero-order valence-electron chi connectivity index (χ0n) is 15.3. The average Bonchev–Trinajstić information content (AvgIpc) is 3.11. The molecule has 7 nitrogen and oxygen atoms in total. The van der Waals surface area contributed by atoms with Crippen LogP contribution in [0.15, 0.2) is 51.9 Å². The molecule has 0 bridgehead atoms. The molecule has 28 heavy (non-hydrogen) atoms. The summed E-state index contributed by atoms with van der Waals surface area (Å²) in [7, 11) is 0. The van der Waals surface area contributed by atoms with Gasteiger partial charge in [-0.1, -0.05) is 18.2 Å². The molecule has 6 rings (SSSR count). The normalized spacial score (nSPS) is 19.9. The largest absolute Gasteiger partial charge is 0.458 e. The molecule has 2 aliphatic rings. The quantitative estimate of drug-likeness (QED) is 0.578. The van der Waals surface area contributed by atoms with Crippen LogP contribution in [0, 0.1) is 6.92 Å². The fourth-order valence-electron chi connectivity index (χ4n) is 4.39. The van der Waals surface area contributed by atoms with Crippen molar-refractivity contribution in [3.63, 3.8) is 0 Å². The molecule has 1 aromatic carbocycles. The summed E-state index contributed by atoms with van der Waals surface area (Å²) in [6.07, 6.45) is 5.08. The zero-order chi connectivity index (χ0) is 18.9. The topological polar surface area (TPSA) is 88.2 Å². The number of nitrogens with one attached hydrogen (secondary N) is 1. The number of imidazole rings is 1. The summed E-state index contributed by atoms with van der Waals surface area (Å²) in [6, 6.07) is 9.48. The Morgan fingerprint density at radius 1 is 1.29 bits per heavy atom. The number of furan rings is 1. The van der Waals surface area contributed by atoms with Gasteiger partial charge in [-0.3, -0.25) is 4.79 Å². The molecule has 1 N–H and O–H groups in total. The lowest BCUT2D eigenvalue weighted by molar-refractivity contribution is 0.0605. The SMILES string of the molecule is Cc1ncoc1C(=O)N1CC2(CC2)c2nc[nH]c2[C@H]1c1cc2ccccc2o1. The van der Waals surface area contributed by atoms with Crippen molar-refractivity contribution in [1.82, 2.24) is 19.9 Å². The van der Waals surface area contributed by atoms with Gasteiger partial charge in [0.25, 0.3) is 5.91 Å². The van der Waals surface area contributed by atoms with Crippen LogP contribution in [0.5, 0.6) is 0 Å². The average molecular weight is 374 g/mol. The number of oxazole rings is 1. The second kappa shape index (κ2) is 5.34. The van der Waals surface area contributed by atoms with Gasteiger partial charge >= 0.3 is 0 Å². The fourth-order valence-corrected chi connectivity index (χ4v) is 4.39. The van der Waals surface area contributed by atoms with Gasteiger partial charge in [-0.15, -0.1) is 0 Å². The maximum absolute atomic E-state index is 13.4. The Bertz CT molecular complexity index is 1180. The highest BCUT2D eigenvalue weighted by atomic mass is 16.4. The van der Waals surface area contributed by atoms with E-state index < -0.39 is 0 Å². The van der Waals surface area contributed by atoms with Crippen molar-refractivity contribution < 1.29 is 13.6 Å². The van der Waals surface area contributed by atoms with Gasteiger partial charge in [0.1, 0.15) is 17.4 Å². The number of para-hydroxylation sites is 1. The van der Waals surface area contributed by atoms with Crippen LogP contribution in [-0.4, -0.2) is 32.3 Å². The smallest absolute Gasteiger partial charge is 0.292 e. The molecule has 4 aromatic rings. The summed E-state index contributed by atoms with van der Waals surface area (Å²) in [5, 5.41) is 1.01. The van der Waals surface area contributed by atoms with Crippen molar-refractivity contribution in [3.8, 4) is 0 Å². The highest BCUT2D eigenvalue weighted by molar-refractivity contribution is 5.93. The van der Waals surface area contributed by atoms with Crippen molar-refractivity contribution >= 4 is 16.9 Å². The lowest BCUT2D eigenvalue weighted by Gasteiger charge is -2.37. The number of aromatic amines is 1. The molecule has 1 spiro atoms. The van der Waals surface area contributed by atoms with E-state index in [1.165, 1.54) is 6.39 Å². The van der Waals surface area contributed by atoms with Crippen molar-refractivity contribution in [1.29, 1.82) is 0 Å². The van der Waals surface area contributed by atoms with Gasteiger partial charge in [0.05, 0.1) is 23.4 Å². The Hall–Kier alpha value is -3.35. The molecule has 1 aliphatic carbocycles. The number of nitrogens with zero attached hydrogens (tertiary/aromatic N) is 3. The number of hydrogen-bond acceptors (Lipinski definition) is 5. The van der Waals surface area contributed by atoms with E-state index in [1.807, 2.05) is 35.2 Å². The maximum atomic E-state index is 13.4. The minimum absolute atomic E-state index is 0.0680. The summed E-state index contributed by atoms with van der Waals surface area (Å²) in [6.45, 7) is 2.37. The van der Waals surface area contributed by atoms with E-state index in [-0.39, 0.29) is 23.1 Å². The molecule has 0 radical (unpaired) electrons. The van der Waals surface area contributed by atoms with Crippen LogP contribution >= 0.6 is 0 Å². The van der Waals surface area contributed by atoms with Gasteiger partial charge in [-0.2, -0.15) is 0 Å². The molecule has 1 saturated carbocycles. The molecule has 7 heteroatoms. The first-order chi connectivity index (χ1) is 13.7. The number of hydrogen-bond donors (Lipinski definition) is 1. The third-order valence-electron chi connectivity index (χ3n) is 6.00. The number of fused-ring (bicyclic) bond motifs is 3. The first-order valence-corrected chi connectivity index (χ1v) is 9.40. The number of aromatic nitrogens is 3. The van der Waals surface area contributed by atoms with Crippen LogP contribution in [0.25, 0.3) is 11.0 Å². The number of carbonyl (C=O) groups excluding carboxylic acids is 1. The number of rotatable bonds is 2. The van der Waals surface area contributed by atoms with Gasteiger partial charge in [-0.25, -0.2) is 9.97 Å². The molecule has 0 unspecified atom stereocenters. The van der Waals surface area contributed by atoms with Crippen molar-refractivity contribution in [2.45, 2.75) is 31.2 Å². The summed E-state index contributed by atoms with van der Waals surface area (Å²) >= 11 is 0. The molecule has 1 amide bonds. The lowest BCUT2D eigenvalue weighted by Crippen LogP contribution is -2.45. The standard InChI is InChI=1S/C21H18N4O3/c1-12-18(27-11-24-12)20(26)25-9-21(6-7-21)19-16(22-10-23-19)17(25)15-8-13-4-2-3-5-14(13)28-15/h2-5,8,10-11,17H,6-7,9H2,1H3,(H,22,23)/t17-/m1/s1. The molecule has 0 saturated heterocycles. The second-order valence-electron chi connectivity index (χ2n) is 7.73. The Morgan fingerprint density at radius 3 is 2.89 bits per heavy atom. The molecular formula is C21H18N4O3. The van der Waals surface area contributed by atoms with Gasteiger partial charge in [0.15, 0.2) is 6.39 Å². The van der Waals surface area contributed by atoms with Gasteiger partial charge in [0, 0.05) is 17.3 Å². The third kappa shape index (κ3) is 2.07. The minimum Gasteiger partial charge on any atom is -0.458 e. The summed E-state index contributed by atoms with van der Waals surface area (Å²) < 4.78 is 11.6. The van der Waals surface area contributed by atoms with Crippen molar-refractivity contribution in [2.75, 3.05) is 6.54 Å². The zero-order valence-corrected chi connectivity index (χ0v) is 15.3. The lowest BCUT2D eigenvalue weighted by atomic mass is 9.89. The number of aryl methyl sites for hydroxylation is 1. The molecule has 4 heterocycles. The Labute approximate surface area is 160 Å². The number of amides is 1. The number of carbonyl (C=O) groups is 1. The van der Waals surface area contributed by atoms with Crippen LogP contribution < -0.4 is 0 Å². The van der Waals surface area contributed by atoms with Crippen LogP contribution in [0.1, 0.15) is 52.3 Å². The molecule has 1 aliphatic heterocycles. The number of H-pyrrole nitrogens is 1. The summed E-state index contributed by atoms with van der Waals surface area (Å²) in [5.74, 6) is 0.819. The Morgan fingerprint density at radius 2 is 2.14 bits per heavy atom. The van der Waals surface area contributed by atoms with Crippen molar-refractivity contribution in [2.24, 2.45) is 0 Å². The van der Waals surface area contributed by atoms with Gasteiger partial charge in [-0.05, 0) is 31.9 Å². The van der Waals surface area contributed by atoms with E-state index in [9.17, 15) is 4.79 Å². The molecule has 3 aromatic heterocycles. The molecule has 1 atom stereocenters. The van der Waals surface area contributed by atoms with E-state index in [0.29, 0.717) is 18.0 Å². The summed E-state index contributed by atoms with van der Waals surface area (Å²) in [5.41, 5.74) is 3.30. The number of benzene rings is 1. The molecule has 140 valence electrons. The van der Waals surface area contributed by atoms with Gasteiger partial charge < -0.3 is 18.7 Å². The minimum atomic E-state index is -0.381. The highest BCUT2D eigenvalue weighted by Crippen LogP contribution is 2.55. The van der Waals surface area contributed by atoms with Gasteiger partial charge in [0.2, 0.25) is 5.76 Å². The van der Waals surface area contributed by atoms with Crippen LogP contribution in [0.4, 0.5) is 0 Å². The fraction of sp³-hybridized carbons (Fsp3) is 0.286. The second-order valence-corrected chi connectivity index (χ2v) is 7.73. The Kier molecular flexibility index (Phi) is 2.99. The molecule has 1 fully saturated rings.